The van der Waals surface area contributed by atoms with E-state index in [-0.39, 0.29) is 0 Å². The molecular weight excluding hydrogens is 284 g/mol. The molecule has 3 nitrogen and oxygen atoms in total. The van der Waals surface area contributed by atoms with E-state index in [0.29, 0.717) is 11.7 Å². The second kappa shape index (κ2) is 6.88. The molecule has 1 aliphatic rings. The second-order valence-electron chi connectivity index (χ2n) is 6.38. The molecule has 1 aliphatic carbocycles. The Hall–Kier alpha value is -2.26. The average molecular weight is 308 g/mol. The zero-order valence-electron chi connectivity index (χ0n) is 13.8. The van der Waals surface area contributed by atoms with Crippen LogP contribution in [-0.2, 0) is 13.0 Å². The van der Waals surface area contributed by atoms with Crippen LogP contribution in [0.15, 0.2) is 42.6 Å². The van der Waals surface area contributed by atoms with Crippen molar-refractivity contribution in [3.05, 3.63) is 65.0 Å². The van der Waals surface area contributed by atoms with E-state index in [9.17, 15) is 5.11 Å². The minimum absolute atomic E-state index is 0.331. The lowest BCUT2D eigenvalue weighted by Gasteiger charge is -2.16. The summed E-state index contributed by atoms with van der Waals surface area (Å²) in [6.07, 6.45) is 12.0. The zero-order chi connectivity index (χ0) is 16.2. The first-order valence-electron chi connectivity index (χ1n) is 8.15. The normalized spacial score (nSPS) is 16.6. The standard InChI is InChI=1S/C20H24N2O/c1-15-6-8-19-17(13-21-20(19)9-7-15)10-11-22(2)14-16-4-3-5-18(23)12-16/h3-9,12-13,15,21,23H,10-11,14H2,1-2H3. The molecule has 2 aromatic rings. The van der Waals surface area contributed by atoms with Crippen molar-refractivity contribution in [2.45, 2.75) is 19.9 Å². The Bertz CT molecular complexity index is 727. The van der Waals surface area contributed by atoms with Gasteiger partial charge >= 0.3 is 0 Å². The third-order valence-corrected chi connectivity index (χ3v) is 4.30. The zero-order valence-corrected chi connectivity index (χ0v) is 13.8. The van der Waals surface area contributed by atoms with Gasteiger partial charge in [0.1, 0.15) is 5.75 Å². The monoisotopic (exact) mass is 308 g/mol. The molecule has 0 radical (unpaired) electrons. The fourth-order valence-corrected chi connectivity index (χ4v) is 2.95. The third kappa shape index (κ3) is 3.93. The number of rotatable bonds is 5. The van der Waals surface area contributed by atoms with Gasteiger partial charge in [-0.25, -0.2) is 0 Å². The Labute approximate surface area is 138 Å². The summed E-state index contributed by atoms with van der Waals surface area (Å²) in [7, 11) is 2.12. The molecule has 0 saturated heterocycles. The van der Waals surface area contributed by atoms with Crippen LogP contribution in [-0.4, -0.2) is 28.6 Å². The predicted octanol–water partition coefficient (Wildman–Crippen LogP) is 4.07. The lowest BCUT2D eigenvalue weighted by molar-refractivity contribution is 0.330. The Kier molecular flexibility index (Phi) is 4.68. The summed E-state index contributed by atoms with van der Waals surface area (Å²) < 4.78 is 0. The van der Waals surface area contributed by atoms with E-state index in [0.717, 1.165) is 25.1 Å². The van der Waals surface area contributed by atoms with E-state index < -0.39 is 0 Å². The number of fused-ring (bicyclic) bond motifs is 1. The molecule has 23 heavy (non-hydrogen) atoms. The van der Waals surface area contributed by atoms with Crippen LogP contribution in [0.4, 0.5) is 0 Å². The van der Waals surface area contributed by atoms with Gasteiger partial charge in [0, 0.05) is 30.5 Å². The molecule has 1 aromatic heterocycles. The number of nitrogens with zero attached hydrogens (tertiary/aromatic N) is 1. The number of nitrogens with one attached hydrogen (secondary N) is 1. The van der Waals surface area contributed by atoms with Gasteiger partial charge in [-0.3, -0.25) is 0 Å². The maximum atomic E-state index is 9.55. The van der Waals surface area contributed by atoms with Gasteiger partial charge in [-0.15, -0.1) is 0 Å². The molecule has 2 N–H and O–H groups in total. The van der Waals surface area contributed by atoms with Crippen molar-refractivity contribution in [2.75, 3.05) is 13.6 Å². The molecule has 0 bridgehead atoms. The highest BCUT2D eigenvalue weighted by molar-refractivity contribution is 5.68. The molecule has 1 atom stereocenters. The van der Waals surface area contributed by atoms with Gasteiger partial charge in [-0.2, -0.15) is 0 Å². The van der Waals surface area contributed by atoms with E-state index in [2.05, 4.69) is 54.4 Å². The van der Waals surface area contributed by atoms with Gasteiger partial charge in [0.25, 0.3) is 0 Å². The van der Waals surface area contributed by atoms with E-state index in [1.807, 2.05) is 18.2 Å². The third-order valence-electron chi connectivity index (χ3n) is 4.30. The van der Waals surface area contributed by atoms with Crippen molar-refractivity contribution >= 4 is 12.2 Å². The van der Waals surface area contributed by atoms with Crippen LogP contribution in [0.3, 0.4) is 0 Å². The quantitative estimate of drug-likeness (QED) is 0.874. The van der Waals surface area contributed by atoms with Gasteiger partial charge in [-0.1, -0.05) is 37.3 Å². The minimum Gasteiger partial charge on any atom is -0.508 e. The van der Waals surface area contributed by atoms with Crippen LogP contribution in [0, 0.1) is 5.92 Å². The van der Waals surface area contributed by atoms with Crippen LogP contribution in [0.1, 0.15) is 29.3 Å². The van der Waals surface area contributed by atoms with E-state index in [4.69, 9.17) is 0 Å². The van der Waals surface area contributed by atoms with Crippen LogP contribution < -0.4 is 0 Å². The number of aromatic nitrogens is 1. The summed E-state index contributed by atoms with van der Waals surface area (Å²) >= 11 is 0. The van der Waals surface area contributed by atoms with Crippen LogP contribution in [0.5, 0.6) is 5.75 Å². The molecule has 1 aromatic carbocycles. The maximum absolute atomic E-state index is 9.55. The highest BCUT2D eigenvalue weighted by atomic mass is 16.3. The fourth-order valence-electron chi connectivity index (χ4n) is 2.95. The maximum Gasteiger partial charge on any atom is 0.115 e. The Morgan fingerprint density at radius 3 is 2.87 bits per heavy atom. The van der Waals surface area contributed by atoms with Gasteiger partial charge in [0.15, 0.2) is 0 Å². The van der Waals surface area contributed by atoms with Crippen molar-refractivity contribution in [2.24, 2.45) is 5.92 Å². The van der Waals surface area contributed by atoms with Crippen molar-refractivity contribution in [1.29, 1.82) is 0 Å². The number of benzene rings is 1. The topological polar surface area (TPSA) is 39.3 Å². The molecule has 0 amide bonds. The molecular formula is C20H24N2O. The number of phenols is 1. The SMILES string of the molecule is CC1C=Cc2[nH]cc(CCN(C)Cc3cccc(O)c3)c2C=C1. The lowest BCUT2D eigenvalue weighted by Crippen LogP contribution is -2.20. The Balaban J connectivity index is 1.62. The molecule has 0 saturated carbocycles. The molecule has 1 heterocycles. The Morgan fingerprint density at radius 1 is 1.22 bits per heavy atom. The number of H-pyrrole nitrogens is 1. The smallest absolute Gasteiger partial charge is 0.115 e. The van der Waals surface area contributed by atoms with Gasteiger partial charge < -0.3 is 15.0 Å². The average Bonchev–Trinajstić information content (AvgIpc) is 2.81. The number of aromatic hydroxyl groups is 1. The molecule has 0 spiro atoms. The van der Waals surface area contributed by atoms with Crippen LogP contribution in [0.25, 0.3) is 12.2 Å². The largest absolute Gasteiger partial charge is 0.508 e. The van der Waals surface area contributed by atoms with Crippen LogP contribution >= 0.6 is 0 Å². The molecule has 120 valence electrons. The number of allylic oxidation sites excluding steroid dienone is 2. The van der Waals surface area contributed by atoms with Crippen molar-refractivity contribution in [1.82, 2.24) is 9.88 Å². The lowest BCUT2D eigenvalue weighted by atomic mass is 10.1. The Morgan fingerprint density at radius 2 is 2.04 bits per heavy atom. The van der Waals surface area contributed by atoms with E-state index in [1.54, 1.807) is 6.07 Å². The summed E-state index contributed by atoms with van der Waals surface area (Å²) in [5, 5.41) is 9.55. The van der Waals surface area contributed by atoms with Crippen molar-refractivity contribution in [3.8, 4) is 5.75 Å². The highest BCUT2D eigenvalue weighted by Crippen LogP contribution is 2.23. The molecule has 1 unspecified atom stereocenters. The first-order chi connectivity index (χ1) is 11.1. The summed E-state index contributed by atoms with van der Waals surface area (Å²) in [4.78, 5) is 5.66. The van der Waals surface area contributed by atoms with Crippen molar-refractivity contribution < 1.29 is 5.11 Å². The first-order valence-corrected chi connectivity index (χ1v) is 8.15. The van der Waals surface area contributed by atoms with E-state index >= 15 is 0 Å². The van der Waals surface area contributed by atoms with Crippen molar-refractivity contribution in [3.63, 3.8) is 0 Å². The summed E-state index contributed by atoms with van der Waals surface area (Å²) in [6.45, 7) is 4.02. The number of likely N-dealkylation sites (N-methyl/N-ethyl adjacent to an activating group) is 1. The predicted molar refractivity (Wildman–Crippen MR) is 96.2 cm³/mol. The molecule has 0 fully saturated rings. The molecule has 3 rings (SSSR count). The summed E-state index contributed by atoms with van der Waals surface area (Å²) in [6, 6.07) is 7.48. The summed E-state index contributed by atoms with van der Waals surface area (Å²) in [5.74, 6) is 0.815. The van der Waals surface area contributed by atoms with Gasteiger partial charge in [0.05, 0.1) is 0 Å². The molecule has 0 aliphatic heterocycles. The van der Waals surface area contributed by atoms with Crippen LogP contribution in [0.2, 0.25) is 0 Å². The number of phenolic OH excluding ortho intramolecular Hbond substituents is 1. The number of hydrogen-bond acceptors (Lipinski definition) is 2. The first kappa shape index (κ1) is 15.6. The van der Waals surface area contributed by atoms with Gasteiger partial charge in [-0.05, 0) is 48.7 Å². The summed E-state index contributed by atoms with van der Waals surface area (Å²) in [5.41, 5.74) is 5.02. The van der Waals surface area contributed by atoms with Gasteiger partial charge in [0.2, 0.25) is 0 Å². The second-order valence-corrected chi connectivity index (χ2v) is 6.38. The number of hydrogen-bond donors (Lipinski definition) is 2. The number of aromatic amines is 1. The molecule has 3 heteroatoms. The minimum atomic E-state index is 0.331. The highest BCUT2D eigenvalue weighted by Gasteiger charge is 2.10. The fraction of sp³-hybridized carbons (Fsp3) is 0.300. The van der Waals surface area contributed by atoms with E-state index in [1.165, 1.54) is 16.8 Å².